The van der Waals surface area contributed by atoms with Crippen LogP contribution in [0, 0.1) is 6.92 Å². The van der Waals surface area contributed by atoms with E-state index >= 15 is 0 Å². The van der Waals surface area contributed by atoms with Gasteiger partial charge in [0.25, 0.3) is 0 Å². The highest BCUT2D eigenvalue weighted by molar-refractivity contribution is 5.64. The molecule has 1 N–H and O–H groups in total. The van der Waals surface area contributed by atoms with Gasteiger partial charge in [0.2, 0.25) is 5.56 Å². The van der Waals surface area contributed by atoms with E-state index in [0.29, 0.717) is 0 Å². The summed E-state index contributed by atoms with van der Waals surface area (Å²) in [6, 6.07) is 9.18. The van der Waals surface area contributed by atoms with E-state index in [9.17, 15) is 4.79 Å². The summed E-state index contributed by atoms with van der Waals surface area (Å²) in [5, 5.41) is 0. The maximum atomic E-state index is 11.2. The van der Waals surface area contributed by atoms with Crippen LogP contribution in [0.15, 0.2) is 47.5 Å². The molecule has 0 aliphatic rings. The van der Waals surface area contributed by atoms with Gasteiger partial charge in [-0.3, -0.25) is 4.79 Å². The van der Waals surface area contributed by atoms with Crippen molar-refractivity contribution in [2.24, 2.45) is 0 Å². The van der Waals surface area contributed by atoms with Crippen molar-refractivity contribution in [1.29, 1.82) is 0 Å². The Morgan fingerprint density at radius 1 is 1.24 bits per heavy atom. The van der Waals surface area contributed by atoms with Crippen LogP contribution in [0.5, 0.6) is 0 Å². The van der Waals surface area contributed by atoms with Gasteiger partial charge in [-0.1, -0.05) is 6.07 Å². The van der Waals surface area contributed by atoms with Crippen molar-refractivity contribution < 1.29 is 0 Å². The van der Waals surface area contributed by atoms with Crippen LogP contribution in [0.3, 0.4) is 0 Å². The van der Waals surface area contributed by atoms with Crippen molar-refractivity contribution in [1.82, 2.24) is 14.4 Å². The molecule has 3 heterocycles. The van der Waals surface area contributed by atoms with Gasteiger partial charge in [0.15, 0.2) is 0 Å². The van der Waals surface area contributed by atoms with Gasteiger partial charge in [-0.25, -0.2) is 4.98 Å². The minimum absolute atomic E-state index is 0.0879. The van der Waals surface area contributed by atoms with E-state index in [1.54, 1.807) is 6.07 Å². The Morgan fingerprint density at radius 2 is 2.12 bits per heavy atom. The second-order valence-electron chi connectivity index (χ2n) is 3.95. The number of hydrogen-bond acceptors (Lipinski definition) is 2. The summed E-state index contributed by atoms with van der Waals surface area (Å²) in [5.74, 6) is 0. The van der Waals surface area contributed by atoms with Crippen LogP contribution in [0.2, 0.25) is 0 Å². The van der Waals surface area contributed by atoms with Crippen molar-refractivity contribution in [2.45, 2.75) is 6.92 Å². The first-order chi connectivity index (χ1) is 8.24. The van der Waals surface area contributed by atoms with Crippen LogP contribution in [0.4, 0.5) is 0 Å². The molecule has 17 heavy (non-hydrogen) atoms. The fraction of sp³-hybridized carbons (Fsp3) is 0.0769. The van der Waals surface area contributed by atoms with E-state index in [-0.39, 0.29) is 5.56 Å². The lowest BCUT2D eigenvalue weighted by molar-refractivity contribution is 1.14. The minimum atomic E-state index is -0.0879. The fourth-order valence-electron chi connectivity index (χ4n) is 1.92. The summed E-state index contributed by atoms with van der Waals surface area (Å²) in [6.45, 7) is 1.88. The summed E-state index contributed by atoms with van der Waals surface area (Å²) in [5.41, 5.74) is 3.46. The molecular weight excluding hydrogens is 214 g/mol. The lowest BCUT2D eigenvalue weighted by Crippen LogP contribution is -2.05. The third-order valence-corrected chi connectivity index (χ3v) is 2.76. The molecule has 0 bridgehead atoms. The van der Waals surface area contributed by atoms with E-state index in [2.05, 4.69) is 9.97 Å². The lowest BCUT2D eigenvalue weighted by atomic mass is 10.1. The molecule has 0 amide bonds. The molecule has 0 fully saturated rings. The number of aromatic amines is 1. The molecule has 0 saturated carbocycles. The number of aryl methyl sites for hydroxylation is 1. The number of hydrogen-bond donors (Lipinski definition) is 1. The van der Waals surface area contributed by atoms with Crippen LogP contribution in [0.25, 0.3) is 16.9 Å². The average molecular weight is 225 g/mol. The topological polar surface area (TPSA) is 50.2 Å². The first-order valence-electron chi connectivity index (χ1n) is 5.38. The Morgan fingerprint density at radius 3 is 2.88 bits per heavy atom. The average Bonchev–Trinajstić information content (AvgIpc) is 2.72. The van der Waals surface area contributed by atoms with Crippen LogP contribution in [0.1, 0.15) is 5.69 Å². The van der Waals surface area contributed by atoms with E-state index in [1.807, 2.05) is 41.9 Å². The quantitative estimate of drug-likeness (QED) is 0.688. The van der Waals surface area contributed by atoms with Gasteiger partial charge in [-0.05, 0) is 25.1 Å². The first kappa shape index (κ1) is 9.84. The predicted molar refractivity (Wildman–Crippen MR) is 66.0 cm³/mol. The van der Waals surface area contributed by atoms with Crippen molar-refractivity contribution in [3.63, 3.8) is 0 Å². The number of imidazole rings is 1. The molecule has 0 saturated heterocycles. The number of nitrogens with zero attached hydrogens (tertiary/aromatic N) is 2. The number of aromatic nitrogens is 3. The Balaban J connectivity index is 2.23. The summed E-state index contributed by atoms with van der Waals surface area (Å²) in [7, 11) is 0. The second-order valence-corrected chi connectivity index (χ2v) is 3.95. The van der Waals surface area contributed by atoms with Gasteiger partial charge in [-0.2, -0.15) is 0 Å². The van der Waals surface area contributed by atoms with Crippen molar-refractivity contribution in [3.05, 3.63) is 58.8 Å². The van der Waals surface area contributed by atoms with Crippen LogP contribution >= 0.6 is 0 Å². The third kappa shape index (κ3) is 1.63. The van der Waals surface area contributed by atoms with Gasteiger partial charge in [-0.15, -0.1) is 0 Å². The molecule has 4 heteroatoms. The van der Waals surface area contributed by atoms with Gasteiger partial charge in [0.1, 0.15) is 5.65 Å². The van der Waals surface area contributed by atoms with Gasteiger partial charge >= 0.3 is 0 Å². The lowest BCUT2D eigenvalue weighted by Gasteiger charge is -1.99. The number of H-pyrrole nitrogens is 1. The van der Waals surface area contributed by atoms with Crippen LogP contribution in [-0.4, -0.2) is 14.4 Å². The molecule has 0 atom stereocenters. The van der Waals surface area contributed by atoms with Crippen LogP contribution in [-0.2, 0) is 0 Å². The summed E-state index contributed by atoms with van der Waals surface area (Å²) in [6.07, 6.45) is 3.91. The normalized spacial score (nSPS) is 10.9. The van der Waals surface area contributed by atoms with E-state index in [1.165, 1.54) is 6.07 Å². The largest absolute Gasteiger partial charge is 0.326 e. The molecular formula is C13H11N3O. The third-order valence-electron chi connectivity index (χ3n) is 2.76. The van der Waals surface area contributed by atoms with Gasteiger partial charge < -0.3 is 9.38 Å². The summed E-state index contributed by atoms with van der Waals surface area (Å²) >= 11 is 0. The molecule has 0 aliphatic carbocycles. The second kappa shape index (κ2) is 3.59. The first-order valence-corrected chi connectivity index (χ1v) is 5.38. The monoisotopic (exact) mass is 225 g/mol. The Bertz CT molecular complexity index is 707. The highest BCUT2D eigenvalue weighted by Crippen LogP contribution is 2.20. The Labute approximate surface area is 97.6 Å². The number of pyridine rings is 2. The number of nitrogens with one attached hydrogen (secondary N) is 1. The zero-order chi connectivity index (χ0) is 11.8. The van der Waals surface area contributed by atoms with Crippen molar-refractivity contribution >= 4 is 5.65 Å². The van der Waals surface area contributed by atoms with Gasteiger partial charge in [0.05, 0.1) is 5.69 Å². The zero-order valence-corrected chi connectivity index (χ0v) is 9.34. The number of rotatable bonds is 1. The molecule has 0 radical (unpaired) electrons. The Kier molecular flexibility index (Phi) is 2.08. The predicted octanol–water partition coefficient (Wildman–Crippen LogP) is 2.00. The van der Waals surface area contributed by atoms with E-state index in [0.717, 1.165) is 22.6 Å². The molecule has 3 aromatic heterocycles. The van der Waals surface area contributed by atoms with E-state index < -0.39 is 0 Å². The van der Waals surface area contributed by atoms with Crippen molar-refractivity contribution in [2.75, 3.05) is 0 Å². The molecule has 0 aliphatic heterocycles. The SMILES string of the molecule is Cc1[nH]c(=O)ccc1-c1cn2ccccc2n1. The summed E-state index contributed by atoms with van der Waals surface area (Å²) in [4.78, 5) is 18.5. The van der Waals surface area contributed by atoms with E-state index in [4.69, 9.17) is 0 Å². The molecule has 4 nitrogen and oxygen atoms in total. The smallest absolute Gasteiger partial charge is 0.248 e. The molecule has 0 aromatic carbocycles. The van der Waals surface area contributed by atoms with Crippen LogP contribution < -0.4 is 5.56 Å². The molecule has 84 valence electrons. The molecule has 0 spiro atoms. The standard InChI is InChI=1S/C13H11N3O/c1-9-10(5-6-13(17)14-9)11-8-16-7-3-2-4-12(16)15-11/h2-8H,1H3,(H,14,17). The number of fused-ring (bicyclic) bond motifs is 1. The van der Waals surface area contributed by atoms with Gasteiger partial charge in [0, 0.05) is 29.7 Å². The Hall–Kier alpha value is -2.36. The minimum Gasteiger partial charge on any atom is -0.326 e. The maximum absolute atomic E-state index is 11.2. The maximum Gasteiger partial charge on any atom is 0.248 e. The summed E-state index contributed by atoms with van der Waals surface area (Å²) < 4.78 is 1.96. The zero-order valence-electron chi connectivity index (χ0n) is 9.34. The molecule has 0 unspecified atom stereocenters. The molecule has 3 rings (SSSR count). The fourth-order valence-corrected chi connectivity index (χ4v) is 1.92. The molecule has 3 aromatic rings. The van der Waals surface area contributed by atoms with Crippen molar-refractivity contribution in [3.8, 4) is 11.3 Å². The highest BCUT2D eigenvalue weighted by Gasteiger charge is 2.06. The highest BCUT2D eigenvalue weighted by atomic mass is 16.1.